The van der Waals surface area contributed by atoms with Gasteiger partial charge in [-0.3, -0.25) is 4.79 Å². The first-order valence-corrected chi connectivity index (χ1v) is 6.16. The number of methoxy groups -OCH3 is 1. The van der Waals surface area contributed by atoms with Crippen LogP contribution in [0, 0.1) is 0 Å². The summed E-state index contributed by atoms with van der Waals surface area (Å²) in [5.74, 6) is 0.00190. The lowest BCUT2D eigenvalue weighted by molar-refractivity contribution is -0.127. The Bertz CT molecular complexity index is 192. The van der Waals surface area contributed by atoms with E-state index < -0.39 is 0 Å². The van der Waals surface area contributed by atoms with Gasteiger partial charge in [-0.15, -0.1) is 0 Å². The predicted octanol–water partition coefficient (Wildman–Crippen LogP) is 2.86. The summed E-state index contributed by atoms with van der Waals surface area (Å²) in [7, 11) is 1.68. The number of carbonyl (C=O) groups excluding carboxylic acids is 1. The number of rotatable bonds is 2. The first-order valence-electron chi connectivity index (χ1n) is 6.16. The first kappa shape index (κ1) is 17.6. The van der Waals surface area contributed by atoms with Crippen LogP contribution in [0.2, 0.25) is 0 Å². The van der Waals surface area contributed by atoms with Crippen LogP contribution < -0.4 is 0 Å². The standard InChI is InChI=1S/C9H15NO2.2C2H6/c1-4-9(11)10-6-5-8(12-3)7(10)2;2*1-2/h4,7-8H,1,5-6H2,2-3H3;2*1-2H3. The van der Waals surface area contributed by atoms with Crippen molar-refractivity contribution in [1.82, 2.24) is 4.90 Å². The molecule has 0 aromatic heterocycles. The van der Waals surface area contributed by atoms with Crippen molar-refractivity contribution in [2.24, 2.45) is 0 Å². The van der Waals surface area contributed by atoms with Gasteiger partial charge in [-0.05, 0) is 19.4 Å². The van der Waals surface area contributed by atoms with Crippen molar-refractivity contribution in [2.45, 2.75) is 53.2 Å². The number of amides is 1. The first-order chi connectivity index (χ1) is 7.70. The fraction of sp³-hybridized carbons (Fsp3) is 0.769. The molecule has 0 radical (unpaired) electrons. The molecule has 2 unspecified atom stereocenters. The van der Waals surface area contributed by atoms with Crippen molar-refractivity contribution >= 4 is 5.91 Å². The maximum absolute atomic E-state index is 11.2. The highest BCUT2D eigenvalue weighted by molar-refractivity contribution is 5.87. The van der Waals surface area contributed by atoms with E-state index in [9.17, 15) is 4.79 Å². The van der Waals surface area contributed by atoms with Crippen molar-refractivity contribution in [3.8, 4) is 0 Å². The molecule has 0 aromatic carbocycles. The summed E-state index contributed by atoms with van der Waals surface area (Å²) < 4.78 is 5.22. The largest absolute Gasteiger partial charge is 0.379 e. The van der Waals surface area contributed by atoms with E-state index in [1.165, 1.54) is 6.08 Å². The van der Waals surface area contributed by atoms with Crippen molar-refractivity contribution in [3.63, 3.8) is 0 Å². The summed E-state index contributed by atoms with van der Waals surface area (Å²) in [6.45, 7) is 14.2. The maximum Gasteiger partial charge on any atom is 0.246 e. The third kappa shape index (κ3) is 4.79. The van der Waals surface area contributed by atoms with Gasteiger partial charge in [0.05, 0.1) is 12.1 Å². The lowest BCUT2D eigenvalue weighted by atomic mass is 10.2. The summed E-state index contributed by atoms with van der Waals surface area (Å²) in [5.41, 5.74) is 0. The van der Waals surface area contributed by atoms with Gasteiger partial charge in [0.2, 0.25) is 5.91 Å². The maximum atomic E-state index is 11.2. The van der Waals surface area contributed by atoms with Crippen LogP contribution in [0.1, 0.15) is 41.0 Å². The number of ether oxygens (including phenoxy) is 1. The fourth-order valence-electron chi connectivity index (χ4n) is 1.65. The van der Waals surface area contributed by atoms with Crippen LogP contribution in [0.25, 0.3) is 0 Å². The molecule has 0 bridgehead atoms. The Balaban J connectivity index is 0. The second kappa shape index (κ2) is 10.7. The number of nitrogens with zero attached hydrogens (tertiary/aromatic N) is 1. The molecular weight excluding hydrogens is 202 g/mol. The average Bonchev–Trinajstić information content (AvgIpc) is 2.74. The number of hydrogen-bond donors (Lipinski definition) is 0. The Morgan fingerprint density at radius 3 is 2.19 bits per heavy atom. The highest BCUT2D eigenvalue weighted by Gasteiger charge is 2.32. The number of likely N-dealkylation sites (tertiary alicyclic amines) is 1. The molecule has 3 heteroatoms. The molecule has 1 fully saturated rings. The molecular formula is C13H27NO2. The fourth-order valence-corrected chi connectivity index (χ4v) is 1.65. The van der Waals surface area contributed by atoms with Crippen LogP contribution in [0.3, 0.4) is 0 Å². The van der Waals surface area contributed by atoms with Gasteiger partial charge in [-0.25, -0.2) is 0 Å². The molecule has 16 heavy (non-hydrogen) atoms. The summed E-state index contributed by atoms with van der Waals surface area (Å²) in [6.07, 6.45) is 2.47. The van der Waals surface area contributed by atoms with Crippen LogP contribution in [0.15, 0.2) is 12.7 Å². The summed E-state index contributed by atoms with van der Waals surface area (Å²) >= 11 is 0. The van der Waals surface area contributed by atoms with Crippen molar-refractivity contribution in [2.75, 3.05) is 13.7 Å². The second-order valence-corrected chi connectivity index (χ2v) is 3.04. The van der Waals surface area contributed by atoms with E-state index in [1.807, 2.05) is 34.6 Å². The van der Waals surface area contributed by atoms with Gasteiger partial charge in [0.25, 0.3) is 0 Å². The minimum Gasteiger partial charge on any atom is -0.379 e. The quantitative estimate of drug-likeness (QED) is 0.681. The summed E-state index contributed by atoms with van der Waals surface area (Å²) in [5, 5.41) is 0. The van der Waals surface area contributed by atoms with E-state index >= 15 is 0 Å². The van der Waals surface area contributed by atoms with E-state index in [2.05, 4.69) is 6.58 Å². The van der Waals surface area contributed by atoms with Crippen LogP contribution >= 0.6 is 0 Å². The molecule has 0 aromatic rings. The Kier molecular flexibility index (Phi) is 11.7. The Hall–Kier alpha value is -0.830. The van der Waals surface area contributed by atoms with Gasteiger partial charge in [-0.2, -0.15) is 0 Å². The third-order valence-electron chi connectivity index (χ3n) is 2.44. The zero-order valence-corrected chi connectivity index (χ0v) is 11.6. The Morgan fingerprint density at radius 2 is 1.88 bits per heavy atom. The molecule has 1 heterocycles. The average molecular weight is 229 g/mol. The summed E-state index contributed by atoms with van der Waals surface area (Å²) in [4.78, 5) is 13.0. The van der Waals surface area contributed by atoms with Gasteiger partial charge in [-0.1, -0.05) is 34.3 Å². The van der Waals surface area contributed by atoms with Crippen LogP contribution in [0.5, 0.6) is 0 Å². The lowest BCUT2D eigenvalue weighted by Crippen LogP contribution is -2.36. The van der Waals surface area contributed by atoms with Gasteiger partial charge in [0.1, 0.15) is 0 Å². The molecule has 1 aliphatic rings. The zero-order chi connectivity index (χ0) is 13.1. The zero-order valence-electron chi connectivity index (χ0n) is 11.6. The minimum atomic E-state index is 0.00190. The van der Waals surface area contributed by atoms with Crippen LogP contribution in [0.4, 0.5) is 0 Å². The number of carbonyl (C=O) groups is 1. The smallest absolute Gasteiger partial charge is 0.246 e. The molecule has 3 nitrogen and oxygen atoms in total. The topological polar surface area (TPSA) is 29.5 Å². The van der Waals surface area contributed by atoms with Gasteiger partial charge in [0.15, 0.2) is 0 Å². The van der Waals surface area contributed by atoms with Crippen molar-refractivity contribution in [3.05, 3.63) is 12.7 Å². The minimum absolute atomic E-state index is 0.00190. The molecule has 1 rings (SSSR count). The SMILES string of the molecule is C=CC(=O)N1CCC(OC)C1C.CC.CC. The second-order valence-electron chi connectivity index (χ2n) is 3.04. The van der Waals surface area contributed by atoms with E-state index in [4.69, 9.17) is 4.74 Å². The van der Waals surface area contributed by atoms with E-state index in [-0.39, 0.29) is 18.1 Å². The molecule has 1 aliphatic heterocycles. The lowest BCUT2D eigenvalue weighted by Gasteiger charge is -2.22. The molecule has 1 saturated heterocycles. The molecule has 0 N–H and O–H groups in total. The van der Waals surface area contributed by atoms with Crippen LogP contribution in [-0.2, 0) is 9.53 Å². The Labute approximate surface area is 100 Å². The van der Waals surface area contributed by atoms with Gasteiger partial charge in [0, 0.05) is 13.7 Å². The highest BCUT2D eigenvalue weighted by Crippen LogP contribution is 2.19. The predicted molar refractivity (Wildman–Crippen MR) is 69.5 cm³/mol. The molecule has 96 valence electrons. The highest BCUT2D eigenvalue weighted by atomic mass is 16.5. The Morgan fingerprint density at radius 1 is 1.38 bits per heavy atom. The molecule has 0 saturated carbocycles. The van der Waals surface area contributed by atoms with Crippen molar-refractivity contribution < 1.29 is 9.53 Å². The number of hydrogen-bond acceptors (Lipinski definition) is 2. The van der Waals surface area contributed by atoms with E-state index in [1.54, 1.807) is 12.0 Å². The third-order valence-corrected chi connectivity index (χ3v) is 2.44. The molecule has 0 spiro atoms. The van der Waals surface area contributed by atoms with Gasteiger partial charge < -0.3 is 9.64 Å². The van der Waals surface area contributed by atoms with Gasteiger partial charge >= 0.3 is 0 Å². The van der Waals surface area contributed by atoms with Crippen molar-refractivity contribution in [1.29, 1.82) is 0 Å². The molecule has 1 amide bonds. The summed E-state index contributed by atoms with van der Waals surface area (Å²) in [6, 6.07) is 0.181. The van der Waals surface area contributed by atoms with E-state index in [0.717, 1.165) is 13.0 Å². The monoisotopic (exact) mass is 229 g/mol. The molecule has 0 aliphatic carbocycles. The van der Waals surface area contributed by atoms with Crippen LogP contribution in [-0.4, -0.2) is 36.6 Å². The molecule has 2 atom stereocenters. The normalized spacial score (nSPS) is 22.5. The van der Waals surface area contributed by atoms with E-state index in [0.29, 0.717) is 0 Å².